The molecule has 0 radical (unpaired) electrons. The van der Waals surface area contributed by atoms with Crippen LogP contribution in [-0.2, 0) is 9.53 Å². The van der Waals surface area contributed by atoms with Crippen molar-refractivity contribution in [3.05, 3.63) is 29.3 Å². The number of nitrogens with one attached hydrogen (secondary N) is 1. The van der Waals surface area contributed by atoms with Crippen molar-refractivity contribution in [1.82, 2.24) is 0 Å². The number of anilines is 1. The van der Waals surface area contributed by atoms with E-state index in [1.54, 1.807) is 0 Å². The Labute approximate surface area is 125 Å². The Morgan fingerprint density at radius 2 is 2.25 bits per heavy atom. The van der Waals surface area contributed by atoms with E-state index in [-0.39, 0.29) is 5.97 Å². The van der Waals surface area contributed by atoms with E-state index in [1.165, 1.54) is 19.3 Å². The van der Waals surface area contributed by atoms with E-state index in [0.717, 1.165) is 12.1 Å². The fourth-order valence-corrected chi connectivity index (χ4v) is 2.83. The van der Waals surface area contributed by atoms with Crippen LogP contribution in [-0.4, -0.2) is 18.1 Å². The maximum atomic E-state index is 12.3. The highest BCUT2D eigenvalue weighted by molar-refractivity contribution is 6.30. The van der Waals surface area contributed by atoms with Crippen LogP contribution < -0.4 is 5.32 Å². The quantitative estimate of drug-likeness (QED) is 0.797. The van der Waals surface area contributed by atoms with Crippen molar-refractivity contribution < 1.29 is 9.53 Å². The van der Waals surface area contributed by atoms with Crippen LogP contribution in [0.4, 0.5) is 5.69 Å². The molecule has 4 heteroatoms. The number of carbonyl (C=O) groups is 1. The van der Waals surface area contributed by atoms with Gasteiger partial charge in [-0.15, -0.1) is 0 Å². The van der Waals surface area contributed by atoms with Crippen molar-refractivity contribution in [1.29, 1.82) is 0 Å². The van der Waals surface area contributed by atoms with Gasteiger partial charge in [0.25, 0.3) is 0 Å². The van der Waals surface area contributed by atoms with Crippen molar-refractivity contribution in [2.45, 2.75) is 45.1 Å². The van der Waals surface area contributed by atoms with Crippen LogP contribution >= 0.6 is 11.6 Å². The van der Waals surface area contributed by atoms with Crippen LogP contribution in [0.15, 0.2) is 24.3 Å². The number of rotatable bonds is 6. The van der Waals surface area contributed by atoms with E-state index in [1.807, 2.05) is 38.1 Å². The summed E-state index contributed by atoms with van der Waals surface area (Å²) in [6, 6.07) is 7.45. The zero-order chi connectivity index (χ0) is 14.6. The third-order valence-corrected chi connectivity index (χ3v) is 4.13. The third-order valence-electron chi connectivity index (χ3n) is 3.89. The van der Waals surface area contributed by atoms with Gasteiger partial charge in [0.2, 0.25) is 0 Å². The summed E-state index contributed by atoms with van der Waals surface area (Å²) in [5, 5.41) is 3.98. The van der Waals surface area contributed by atoms with Crippen LogP contribution in [0.2, 0.25) is 5.02 Å². The van der Waals surface area contributed by atoms with Gasteiger partial charge in [0, 0.05) is 10.7 Å². The number of ether oxygens (including phenoxy) is 1. The summed E-state index contributed by atoms with van der Waals surface area (Å²) >= 11 is 6.00. The molecule has 20 heavy (non-hydrogen) atoms. The summed E-state index contributed by atoms with van der Waals surface area (Å²) in [6.45, 7) is 4.15. The molecule has 1 aliphatic carbocycles. The molecule has 1 aliphatic rings. The Bertz CT molecular complexity index is 473. The first-order valence-electron chi connectivity index (χ1n) is 7.24. The molecule has 0 spiro atoms. The van der Waals surface area contributed by atoms with Crippen molar-refractivity contribution in [3.63, 3.8) is 0 Å². The molecule has 0 aromatic heterocycles. The number of hydrogen-bond acceptors (Lipinski definition) is 3. The van der Waals surface area contributed by atoms with Crippen LogP contribution in [0.1, 0.15) is 39.5 Å². The second-order valence-electron chi connectivity index (χ2n) is 5.69. The smallest absolute Gasteiger partial charge is 0.331 e. The number of esters is 1. The molecule has 0 saturated heterocycles. The maximum Gasteiger partial charge on any atom is 0.331 e. The molecular weight excluding hydrogens is 274 g/mol. The molecule has 1 unspecified atom stereocenters. The molecule has 2 rings (SSSR count). The minimum atomic E-state index is -0.689. The Hall–Kier alpha value is -1.22. The largest absolute Gasteiger partial charge is 0.464 e. The highest BCUT2D eigenvalue weighted by Gasteiger charge is 2.38. The predicted molar refractivity (Wildman–Crippen MR) is 82.1 cm³/mol. The summed E-state index contributed by atoms with van der Waals surface area (Å²) in [6.07, 6.45) is 4.47. The van der Waals surface area contributed by atoms with Crippen LogP contribution in [0.3, 0.4) is 0 Å². The molecule has 1 aromatic rings. The van der Waals surface area contributed by atoms with Gasteiger partial charge in [0.1, 0.15) is 5.54 Å². The second-order valence-corrected chi connectivity index (χ2v) is 6.13. The van der Waals surface area contributed by atoms with Gasteiger partial charge in [0.15, 0.2) is 0 Å². The second kappa shape index (κ2) is 6.49. The molecule has 1 aromatic carbocycles. The summed E-state index contributed by atoms with van der Waals surface area (Å²) < 4.78 is 5.24. The van der Waals surface area contributed by atoms with Gasteiger partial charge in [0.05, 0.1) is 6.61 Å². The summed E-state index contributed by atoms with van der Waals surface area (Å²) in [5.74, 6) is 0.419. The lowest BCUT2D eigenvalue weighted by Gasteiger charge is -2.36. The summed E-state index contributed by atoms with van der Waals surface area (Å²) in [5.41, 5.74) is 0.165. The molecule has 0 heterocycles. The number of carbonyl (C=O) groups excluding carboxylic acids is 1. The normalized spacial score (nSPS) is 17.9. The van der Waals surface area contributed by atoms with E-state index in [4.69, 9.17) is 16.3 Å². The lowest BCUT2D eigenvalue weighted by molar-refractivity contribution is -0.148. The lowest BCUT2D eigenvalue weighted by atomic mass is 9.76. The van der Waals surface area contributed by atoms with E-state index >= 15 is 0 Å². The first-order valence-corrected chi connectivity index (χ1v) is 7.62. The Morgan fingerprint density at radius 3 is 2.80 bits per heavy atom. The van der Waals surface area contributed by atoms with Crippen molar-refractivity contribution in [2.75, 3.05) is 11.9 Å². The molecule has 110 valence electrons. The predicted octanol–water partition coefficient (Wildman–Crippen LogP) is 4.26. The zero-order valence-electron chi connectivity index (χ0n) is 12.1. The summed E-state index contributed by atoms with van der Waals surface area (Å²) in [4.78, 5) is 12.3. The van der Waals surface area contributed by atoms with Gasteiger partial charge in [-0.1, -0.05) is 36.9 Å². The van der Waals surface area contributed by atoms with E-state index in [0.29, 0.717) is 17.5 Å². The van der Waals surface area contributed by atoms with E-state index in [9.17, 15) is 4.79 Å². The van der Waals surface area contributed by atoms with Crippen LogP contribution in [0.25, 0.3) is 0 Å². The van der Waals surface area contributed by atoms with Gasteiger partial charge < -0.3 is 10.1 Å². The fourth-order valence-electron chi connectivity index (χ4n) is 2.63. The Kier molecular flexibility index (Phi) is 4.92. The Morgan fingerprint density at radius 1 is 1.50 bits per heavy atom. The van der Waals surface area contributed by atoms with E-state index < -0.39 is 5.54 Å². The monoisotopic (exact) mass is 295 g/mol. The van der Waals surface area contributed by atoms with Gasteiger partial charge in [-0.05, 0) is 44.4 Å². The minimum Gasteiger partial charge on any atom is -0.464 e. The molecule has 1 fully saturated rings. The van der Waals surface area contributed by atoms with Crippen molar-refractivity contribution in [2.24, 2.45) is 5.92 Å². The Balaban J connectivity index is 2.14. The van der Waals surface area contributed by atoms with Gasteiger partial charge in [-0.2, -0.15) is 0 Å². The van der Waals surface area contributed by atoms with E-state index in [2.05, 4.69) is 5.32 Å². The molecule has 0 bridgehead atoms. The molecule has 1 atom stereocenters. The molecule has 0 aliphatic heterocycles. The van der Waals surface area contributed by atoms with Crippen LogP contribution in [0.5, 0.6) is 0 Å². The fraction of sp³-hybridized carbons (Fsp3) is 0.562. The van der Waals surface area contributed by atoms with Crippen LogP contribution in [0, 0.1) is 5.92 Å². The first kappa shape index (κ1) is 15.2. The molecule has 1 N–H and O–H groups in total. The number of hydrogen-bond donors (Lipinski definition) is 1. The maximum absolute atomic E-state index is 12.3. The molecule has 0 amide bonds. The third kappa shape index (κ3) is 3.66. The topological polar surface area (TPSA) is 38.3 Å². The highest BCUT2D eigenvalue weighted by Crippen LogP contribution is 2.36. The molecule has 3 nitrogen and oxygen atoms in total. The highest BCUT2D eigenvalue weighted by atomic mass is 35.5. The number of benzene rings is 1. The average molecular weight is 296 g/mol. The van der Waals surface area contributed by atoms with Gasteiger partial charge in [-0.25, -0.2) is 4.79 Å². The zero-order valence-corrected chi connectivity index (χ0v) is 12.9. The first-order chi connectivity index (χ1) is 9.53. The molecular formula is C16H22ClNO2. The summed E-state index contributed by atoms with van der Waals surface area (Å²) in [7, 11) is 0. The van der Waals surface area contributed by atoms with Crippen molar-refractivity contribution >= 4 is 23.3 Å². The standard InChI is InChI=1S/C16H22ClNO2/c1-3-20-15(19)16(2,11-12-6-4-7-12)18-14-9-5-8-13(17)10-14/h5,8-10,12,18H,3-4,6-7,11H2,1-2H3. The van der Waals surface area contributed by atoms with Gasteiger partial charge in [-0.3, -0.25) is 0 Å². The van der Waals surface area contributed by atoms with Gasteiger partial charge >= 0.3 is 5.97 Å². The number of halogens is 1. The average Bonchev–Trinajstić information content (AvgIpc) is 2.34. The SMILES string of the molecule is CCOC(=O)C(C)(CC1CCC1)Nc1cccc(Cl)c1. The van der Waals surface area contributed by atoms with Crippen molar-refractivity contribution in [3.8, 4) is 0 Å². The lowest BCUT2D eigenvalue weighted by Crippen LogP contribution is -2.47. The molecule has 1 saturated carbocycles. The minimum absolute atomic E-state index is 0.188.